The van der Waals surface area contributed by atoms with Crippen molar-refractivity contribution in [1.82, 2.24) is 15.0 Å². The Labute approximate surface area is 126 Å². The summed E-state index contributed by atoms with van der Waals surface area (Å²) in [4.78, 5) is 12.8. The van der Waals surface area contributed by atoms with Crippen LogP contribution in [0.3, 0.4) is 0 Å². The van der Waals surface area contributed by atoms with E-state index in [1.165, 1.54) is 0 Å². The minimum Gasteiger partial charge on any atom is -0.378 e. The summed E-state index contributed by atoms with van der Waals surface area (Å²) in [5, 5.41) is 0.365. The fraction of sp³-hybridized carbons (Fsp3) is 0.182. The minimum atomic E-state index is 0.365. The Morgan fingerprint density at radius 1 is 1.28 bits per heavy atom. The molecule has 7 heteroatoms. The van der Waals surface area contributed by atoms with Crippen molar-refractivity contribution >= 4 is 43.5 Å². The molecule has 2 aromatic rings. The van der Waals surface area contributed by atoms with Crippen LogP contribution in [0.15, 0.2) is 27.3 Å². The van der Waals surface area contributed by atoms with E-state index in [9.17, 15) is 0 Å². The lowest BCUT2D eigenvalue weighted by molar-refractivity contribution is 0.181. The number of pyridine rings is 1. The van der Waals surface area contributed by atoms with Crippen LogP contribution in [0, 0.1) is 0 Å². The third-order valence-corrected chi connectivity index (χ3v) is 3.29. The lowest BCUT2D eigenvalue weighted by Gasteiger charge is -2.06. The molecule has 2 heterocycles. The molecule has 0 fully saturated rings. The van der Waals surface area contributed by atoms with Gasteiger partial charge in [-0.1, -0.05) is 11.6 Å². The van der Waals surface area contributed by atoms with Crippen LogP contribution >= 0.6 is 43.5 Å². The van der Waals surface area contributed by atoms with Crippen LogP contribution in [-0.4, -0.2) is 22.1 Å². The predicted octanol–water partition coefficient (Wildman–Crippen LogP) is 3.86. The van der Waals surface area contributed by atoms with Gasteiger partial charge in [0.15, 0.2) is 5.82 Å². The van der Waals surface area contributed by atoms with Gasteiger partial charge in [-0.2, -0.15) is 0 Å². The van der Waals surface area contributed by atoms with Gasteiger partial charge in [0.2, 0.25) is 0 Å². The van der Waals surface area contributed by atoms with Gasteiger partial charge in [0.1, 0.15) is 10.8 Å². The zero-order chi connectivity index (χ0) is 13.1. The predicted molar refractivity (Wildman–Crippen MR) is 76.4 cm³/mol. The fourth-order valence-electron chi connectivity index (χ4n) is 1.37. The van der Waals surface area contributed by atoms with Crippen LogP contribution < -0.4 is 0 Å². The van der Waals surface area contributed by atoms with Crippen molar-refractivity contribution in [2.24, 2.45) is 0 Å². The third kappa shape index (κ3) is 3.26. The molecule has 0 aliphatic rings. The summed E-state index contributed by atoms with van der Waals surface area (Å²) in [7, 11) is 1.60. The molecule has 0 saturated heterocycles. The van der Waals surface area contributed by atoms with Crippen molar-refractivity contribution in [2.75, 3.05) is 7.11 Å². The molecule has 0 saturated carbocycles. The van der Waals surface area contributed by atoms with Gasteiger partial charge in [0.05, 0.1) is 12.3 Å². The Hall–Kier alpha value is -0.560. The Morgan fingerprint density at radius 2 is 2.06 bits per heavy atom. The summed E-state index contributed by atoms with van der Waals surface area (Å²) in [6, 6.07) is 3.55. The Bertz CT molecular complexity index is 580. The van der Waals surface area contributed by atoms with Gasteiger partial charge in [-0.15, -0.1) is 0 Å². The SMILES string of the molecule is COCc1cc(Cl)nc(-c2ncc(Br)cc2Br)n1. The molecule has 0 unspecified atom stereocenters. The van der Waals surface area contributed by atoms with E-state index in [0.29, 0.717) is 29.0 Å². The molecule has 0 N–H and O–H groups in total. The Kier molecular flexibility index (Phi) is 4.66. The highest BCUT2D eigenvalue weighted by atomic mass is 79.9. The summed E-state index contributed by atoms with van der Waals surface area (Å²) in [6.07, 6.45) is 1.68. The van der Waals surface area contributed by atoms with Crippen LogP contribution in [0.4, 0.5) is 0 Å². The Balaban J connectivity index is 2.49. The van der Waals surface area contributed by atoms with E-state index in [4.69, 9.17) is 16.3 Å². The molecular formula is C11H8Br2ClN3O. The highest BCUT2D eigenvalue weighted by molar-refractivity contribution is 9.11. The number of aromatic nitrogens is 3. The third-order valence-electron chi connectivity index (χ3n) is 2.06. The number of hydrogen-bond donors (Lipinski definition) is 0. The average Bonchev–Trinajstić information content (AvgIpc) is 2.28. The molecule has 2 rings (SSSR count). The second kappa shape index (κ2) is 6.06. The molecule has 4 nitrogen and oxygen atoms in total. The second-order valence-corrected chi connectivity index (χ2v) is 5.58. The van der Waals surface area contributed by atoms with Crippen LogP contribution in [0.5, 0.6) is 0 Å². The van der Waals surface area contributed by atoms with Crippen LogP contribution in [-0.2, 0) is 11.3 Å². The maximum Gasteiger partial charge on any atom is 0.181 e. The summed E-state index contributed by atoms with van der Waals surface area (Å²) >= 11 is 12.7. The number of ether oxygens (including phenoxy) is 1. The van der Waals surface area contributed by atoms with Gasteiger partial charge in [-0.05, 0) is 44.0 Å². The van der Waals surface area contributed by atoms with Crippen molar-refractivity contribution in [3.05, 3.63) is 38.1 Å². The first kappa shape index (κ1) is 13.9. The number of hydrogen-bond acceptors (Lipinski definition) is 4. The number of nitrogens with zero attached hydrogens (tertiary/aromatic N) is 3. The molecule has 0 radical (unpaired) electrons. The summed E-state index contributed by atoms with van der Waals surface area (Å²) < 4.78 is 6.70. The molecule has 0 bridgehead atoms. The highest BCUT2D eigenvalue weighted by Crippen LogP contribution is 2.27. The summed E-state index contributed by atoms with van der Waals surface area (Å²) in [5.74, 6) is 0.467. The standard InChI is InChI=1S/C11H8Br2ClN3O/c1-18-5-7-3-9(14)17-11(16-7)10-8(13)2-6(12)4-15-10/h2-4H,5H2,1H3. The summed E-state index contributed by atoms with van der Waals surface area (Å²) in [5.41, 5.74) is 1.35. The molecule has 0 spiro atoms. The van der Waals surface area contributed by atoms with Crippen LogP contribution in [0.25, 0.3) is 11.5 Å². The van der Waals surface area contributed by atoms with Gasteiger partial charge < -0.3 is 4.74 Å². The van der Waals surface area contributed by atoms with Crippen molar-refractivity contribution in [3.8, 4) is 11.5 Å². The maximum atomic E-state index is 5.96. The van der Waals surface area contributed by atoms with Gasteiger partial charge in [-0.25, -0.2) is 9.97 Å². The normalized spacial score (nSPS) is 10.7. The molecule has 0 aromatic carbocycles. The number of rotatable bonds is 3. The quantitative estimate of drug-likeness (QED) is 0.743. The summed E-state index contributed by atoms with van der Waals surface area (Å²) in [6.45, 7) is 0.378. The van der Waals surface area contributed by atoms with Crippen LogP contribution in [0.2, 0.25) is 5.15 Å². The maximum absolute atomic E-state index is 5.96. The zero-order valence-corrected chi connectivity index (χ0v) is 13.3. The highest BCUT2D eigenvalue weighted by Gasteiger charge is 2.11. The van der Waals surface area contributed by atoms with Gasteiger partial charge in [0.25, 0.3) is 0 Å². The number of halogens is 3. The molecular weight excluding hydrogens is 385 g/mol. The monoisotopic (exact) mass is 391 g/mol. The van der Waals surface area contributed by atoms with Crippen molar-refractivity contribution < 1.29 is 4.74 Å². The molecule has 0 aliphatic carbocycles. The smallest absolute Gasteiger partial charge is 0.181 e. The van der Waals surface area contributed by atoms with Crippen molar-refractivity contribution in [2.45, 2.75) is 6.61 Å². The van der Waals surface area contributed by atoms with Gasteiger partial charge >= 0.3 is 0 Å². The zero-order valence-electron chi connectivity index (χ0n) is 9.32. The molecule has 18 heavy (non-hydrogen) atoms. The first-order chi connectivity index (χ1) is 8.60. The largest absolute Gasteiger partial charge is 0.378 e. The van der Waals surface area contributed by atoms with E-state index < -0.39 is 0 Å². The van der Waals surface area contributed by atoms with E-state index in [-0.39, 0.29) is 0 Å². The molecule has 2 aromatic heterocycles. The van der Waals surface area contributed by atoms with E-state index in [0.717, 1.165) is 8.95 Å². The topological polar surface area (TPSA) is 47.9 Å². The van der Waals surface area contributed by atoms with Crippen molar-refractivity contribution in [3.63, 3.8) is 0 Å². The van der Waals surface area contributed by atoms with Gasteiger partial charge in [-0.3, -0.25) is 4.98 Å². The molecule has 0 aliphatic heterocycles. The first-order valence-corrected chi connectivity index (χ1v) is 6.90. The minimum absolute atomic E-state index is 0.365. The van der Waals surface area contributed by atoms with E-state index >= 15 is 0 Å². The van der Waals surface area contributed by atoms with E-state index in [2.05, 4.69) is 46.8 Å². The first-order valence-electron chi connectivity index (χ1n) is 4.94. The second-order valence-electron chi connectivity index (χ2n) is 3.42. The van der Waals surface area contributed by atoms with Gasteiger partial charge in [0, 0.05) is 22.3 Å². The van der Waals surface area contributed by atoms with Crippen LogP contribution in [0.1, 0.15) is 5.69 Å². The van der Waals surface area contributed by atoms with E-state index in [1.807, 2.05) is 6.07 Å². The molecule has 0 amide bonds. The fourth-order valence-corrected chi connectivity index (χ4v) is 2.74. The lowest BCUT2D eigenvalue weighted by Crippen LogP contribution is -1.99. The Morgan fingerprint density at radius 3 is 2.72 bits per heavy atom. The van der Waals surface area contributed by atoms with E-state index in [1.54, 1.807) is 19.4 Å². The molecule has 94 valence electrons. The molecule has 0 atom stereocenters. The lowest BCUT2D eigenvalue weighted by atomic mass is 10.3. The van der Waals surface area contributed by atoms with Crippen molar-refractivity contribution in [1.29, 1.82) is 0 Å². The number of methoxy groups -OCH3 is 1. The average molecular weight is 393 g/mol.